The SMILES string of the molecule is Cc1c(-c2ccccc2)nc2ccc(Br)cc2c1C(=O)NCC(C)(CC(=O)OC(C)(C)C)c1ccccc1F. The van der Waals surface area contributed by atoms with Crippen LogP contribution in [0.4, 0.5) is 4.39 Å². The van der Waals surface area contributed by atoms with Crippen LogP contribution in [-0.4, -0.2) is 29.0 Å². The van der Waals surface area contributed by atoms with Crippen molar-refractivity contribution in [1.29, 1.82) is 0 Å². The second-order valence-electron chi connectivity index (χ2n) is 11.0. The van der Waals surface area contributed by atoms with Crippen molar-refractivity contribution in [1.82, 2.24) is 10.3 Å². The summed E-state index contributed by atoms with van der Waals surface area (Å²) < 4.78 is 21.4. The number of benzene rings is 3. The predicted molar refractivity (Wildman–Crippen MR) is 156 cm³/mol. The van der Waals surface area contributed by atoms with Crippen molar-refractivity contribution in [3.8, 4) is 11.3 Å². The Balaban J connectivity index is 1.74. The molecular weight excluding hydrogens is 559 g/mol. The zero-order valence-electron chi connectivity index (χ0n) is 22.8. The summed E-state index contributed by atoms with van der Waals surface area (Å²) >= 11 is 3.51. The fourth-order valence-electron chi connectivity index (χ4n) is 4.76. The lowest BCUT2D eigenvalue weighted by molar-refractivity contribution is -0.156. The fourth-order valence-corrected chi connectivity index (χ4v) is 5.13. The average Bonchev–Trinajstić information content (AvgIpc) is 2.86. The van der Waals surface area contributed by atoms with E-state index in [2.05, 4.69) is 21.2 Å². The molecule has 0 aliphatic rings. The third-order valence-electron chi connectivity index (χ3n) is 6.58. The Bertz CT molecular complexity index is 1530. The number of carbonyl (C=O) groups excluding carboxylic acids is 2. The van der Waals surface area contributed by atoms with Crippen molar-refractivity contribution in [3.63, 3.8) is 0 Å². The van der Waals surface area contributed by atoms with Gasteiger partial charge in [0.1, 0.15) is 11.4 Å². The number of amides is 1. The maximum atomic E-state index is 15.0. The largest absolute Gasteiger partial charge is 0.460 e. The number of esters is 1. The molecule has 39 heavy (non-hydrogen) atoms. The van der Waals surface area contributed by atoms with Crippen LogP contribution in [0.2, 0.25) is 0 Å². The summed E-state index contributed by atoms with van der Waals surface area (Å²) in [7, 11) is 0. The van der Waals surface area contributed by atoms with Crippen LogP contribution >= 0.6 is 15.9 Å². The van der Waals surface area contributed by atoms with Crippen LogP contribution in [0, 0.1) is 12.7 Å². The molecule has 0 fully saturated rings. The molecule has 7 heteroatoms. The van der Waals surface area contributed by atoms with Crippen LogP contribution in [0.1, 0.15) is 55.6 Å². The van der Waals surface area contributed by atoms with Gasteiger partial charge in [0.25, 0.3) is 5.91 Å². The third-order valence-corrected chi connectivity index (χ3v) is 7.08. The molecule has 1 atom stereocenters. The van der Waals surface area contributed by atoms with E-state index < -0.39 is 22.8 Å². The molecule has 0 radical (unpaired) electrons. The molecule has 0 bridgehead atoms. The maximum absolute atomic E-state index is 15.0. The van der Waals surface area contributed by atoms with E-state index in [4.69, 9.17) is 9.72 Å². The Labute approximate surface area is 236 Å². The topological polar surface area (TPSA) is 68.3 Å². The smallest absolute Gasteiger partial charge is 0.307 e. The molecule has 1 unspecified atom stereocenters. The Hall–Kier alpha value is -3.58. The summed E-state index contributed by atoms with van der Waals surface area (Å²) in [6, 6.07) is 21.6. The second-order valence-corrected chi connectivity index (χ2v) is 11.9. The van der Waals surface area contributed by atoms with Crippen molar-refractivity contribution < 1.29 is 18.7 Å². The number of fused-ring (bicyclic) bond motifs is 1. The highest BCUT2D eigenvalue weighted by molar-refractivity contribution is 9.10. The number of halogens is 2. The summed E-state index contributed by atoms with van der Waals surface area (Å²) in [5, 5.41) is 3.70. The normalized spacial score (nSPS) is 13.1. The van der Waals surface area contributed by atoms with Crippen LogP contribution < -0.4 is 5.32 Å². The number of hydrogen-bond acceptors (Lipinski definition) is 4. The van der Waals surface area contributed by atoms with E-state index in [1.165, 1.54) is 6.07 Å². The van der Waals surface area contributed by atoms with Crippen molar-refractivity contribution in [2.45, 2.75) is 52.1 Å². The molecule has 5 nitrogen and oxygen atoms in total. The molecular formula is C32H32BrFN2O3. The molecule has 0 saturated carbocycles. The van der Waals surface area contributed by atoms with E-state index in [1.54, 1.807) is 45.9 Å². The van der Waals surface area contributed by atoms with Crippen LogP contribution in [0.15, 0.2) is 77.3 Å². The van der Waals surface area contributed by atoms with Crippen LogP contribution in [0.3, 0.4) is 0 Å². The summed E-state index contributed by atoms with van der Waals surface area (Å²) in [5.41, 5.74) is 2.08. The van der Waals surface area contributed by atoms with E-state index in [0.29, 0.717) is 27.7 Å². The number of pyridine rings is 1. The molecule has 202 valence electrons. The molecule has 4 aromatic rings. The van der Waals surface area contributed by atoms with E-state index in [1.807, 2.05) is 55.5 Å². The van der Waals surface area contributed by atoms with E-state index in [0.717, 1.165) is 15.6 Å². The molecule has 1 amide bonds. The first-order valence-electron chi connectivity index (χ1n) is 12.8. The van der Waals surface area contributed by atoms with Crippen molar-refractivity contribution in [2.24, 2.45) is 0 Å². The minimum absolute atomic E-state index is 0.0178. The van der Waals surface area contributed by atoms with Gasteiger partial charge in [-0.2, -0.15) is 0 Å². The van der Waals surface area contributed by atoms with Gasteiger partial charge in [-0.1, -0.05) is 71.4 Å². The molecule has 1 heterocycles. The Morgan fingerprint density at radius 2 is 1.64 bits per heavy atom. The highest BCUT2D eigenvalue weighted by Crippen LogP contribution is 2.33. The second kappa shape index (κ2) is 11.3. The van der Waals surface area contributed by atoms with Gasteiger partial charge >= 0.3 is 5.97 Å². The fraction of sp³-hybridized carbons (Fsp3) is 0.281. The average molecular weight is 592 g/mol. The van der Waals surface area contributed by atoms with E-state index in [9.17, 15) is 14.0 Å². The summed E-state index contributed by atoms with van der Waals surface area (Å²) in [6.07, 6.45) is -0.109. The van der Waals surface area contributed by atoms with E-state index >= 15 is 0 Å². The van der Waals surface area contributed by atoms with Gasteiger partial charge in [0, 0.05) is 27.4 Å². The summed E-state index contributed by atoms with van der Waals surface area (Å²) in [4.78, 5) is 31.6. The Morgan fingerprint density at radius 3 is 2.31 bits per heavy atom. The number of aromatic nitrogens is 1. The summed E-state index contributed by atoms with van der Waals surface area (Å²) in [5.74, 6) is -1.25. The molecule has 1 N–H and O–H groups in total. The number of ether oxygens (including phenoxy) is 1. The molecule has 4 rings (SSSR count). The monoisotopic (exact) mass is 590 g/mol. The number of nitrogens with one attached hydrogen (secondary N) is 1. The number of nitrogens with zero attached hydrogens (tertiary/aromatic N) is 1. The Kier molecular flexibility index (Phi) is 8.21. The quantitative estimate of drug-likeness (QED) is 0.226. The first-order valence-corrected chi connectivity index (χ1v) is 13.6. The summed E-state index contributed by atoms with van der Waals surface area (Å²) in [6.45, 7) is 9.01. The predicted octanol–water partition coefficient (Wildman–Crippen LogP) is 7.53. The first kappa shape index (κ1) is 28.4. The number of carbonyl (C=O) groups is 2. The van der Waals surface area contributed by atoms with Crippen LogP contribution in [0.25, 0.3) is 22.2 Å². The van der Waals surface area contributed by atoms with Gasteiger partial charge in [-0.05, 0) is 63.1 Å². The zero-order valence-corrected chi connectivity index (χ0v) is 24.4. The number of rotatable bonds is 7. The Morgan fingerprint density at radius 1 is 0.974 bits per heavy atom. The highest BCUT2D eigenvalue weighted by atomic mass is 79.9. The van der Waals surface area contributed by atoms with Gasteiger partial charge in [0.15, 0.2) is 0 Å². The minimum atomic E-state index is -1.05. The zero-order chi connectivity index (χ0) is 28.4. The van der Waals surface area contributed by atoms with Gasteiger partial charge < -0.3 is 10.1 Å². The van der Waals surface area contributed by atoms with Crippen LogP contribution in [0.5, 0.6) is 0 Å². The number of hydrogen-bond donors (Lipinski definition) is 1. The van der Waals surface area contributed by atoms with E-state index in [-0.39, 0.29) is 18.9 Å². The highest BCUT2D eigenvalue weighted by Gasteiger charge is 2.35. The lowest BCUT2D eigenvalue weighted by atomic mass is 9.78. The minimum Gasteiger partial charge on any atom is -0.460 e. The molecule has 0 saturated heterocycles. The molecule has 0 aliphatic heterocycles. The maximum Gasteiger partial charge on any atom is 0.307 e. The van der Waals surface area contributed by atoms with Gasteiger partial charge in [-0.3, -0.25) is 9.59 Å². The van der Waals surface area contributed by atoms with Crippen molar-refractivity contribution in [3.05, 3.63) is 99.8 Å². The molecule has 0 aliphatic carbocycles. The van der Waals surface area contributed by atoms with Crippen molar-refractivity contribution in [2.75, 3.05) is 6.54 Å². The molecule has 3 aromatic carbocycles. The van der Waals surface area contributed by atoms with Gasteiger partial charge in [-0.15, -0.1) is 0 Å². The first-order chi connectivity index (χ1) is 18.4. The standard InChI is InChI=1S/C32H32BrFN2O3/c1-20-28(23-17-22(33)15-16-26(23)36-29(20)21-11-7-6-8-12-21)30(38)35-19-32(5,18-27(37)39-31(2,3)4)24-13-9-10-14-25(24)34/h6-17H,18-19H2,1-5H3,(H,35,38). The molecule has 1 aromatic heterocycles. The van der Waals surface area contributed by atoms with Gasteiger partial charge in [0.2, 0.25) is 0 Å². The van der Waals surface area contributed by atoms with Gasteiger partial charge in [0.05, 0.1) is 23.2 Å². The lowest BCUT2D eigenvalue weighted by Crippen LogP contribution is -2.42. The lowest BCUT2D eigenvalue weighted by Gasteiger charge is -2.31. The van der Waals surface area contributed by atoms with Gasteiger partial charge in [-0.25, -0.2) is 9.37 Å². The third kappa shape index (κ3) is 6.53. The van der Waals surface area contributed by atoms with Crippen LogP contribution in [-0.2, 0) is 14.9 Å². The van der Waals surface area contributed by atoms with Crippen molar-refractivity contribution >= 4 is 38.7 Å². The molecule has 0 spiro atoms.